The van der Waals surface area contributed by atoms with Gasteiger partial charge in [0, 0.05) is 28.8 Å². The van der Waals surface area contributed by atoms with Gasteiger partial charge in [-0.1, -0.05) is 42.8 Å². The lowest BCUT2D eigenvalue weighted by Crippen LogP contribution is -2.23. The Morgan fingerprint density at radius 3 is 2.94 bits per heavy atom. The smallest absolute Gasteiger partial charge is 0.272 e. The molecule has 9 heteroatoms. The van der Waals surface area contributed by atoms with Crippen LogP contribution in [0.5, 0.6) is 0 Å². The van der Waals surface area contributed by atoms with E-state index in [1.54, 1.807) is 16.8 Å². The van der Waals surface area contributed by atoms with E-state index in [1.165, 1.54) is 23.1 Å². The number of carbonyl (C=O) groups is 1. The second-order valence-corrected chi connectivity index (χ2v) is 9.49. The second kappa shape index (κ2) is 9.38. The highest BCUT2D eigenvalue weighted by atomic mass is 35.5. The molecule has 0 saturated carbocycles. The Hall–Kier alpha value is -2.42. The number of thiophene rings is 1. The number of carbonyl (C=O) groups excluding carboxylic acids is 1. The number of unbranched alkanes of at least 4 members (excludes halogenated alkanes) is 1. The van der Waals surface area contributed by atoms with E-state index < -0.39 is 0 Å². The average molecular weight is 473 g/mol. The summed E-state index contributed by atoms with van der Waals surface area (Å²) in [6, 6.07) is 9.16. The van der Waals surface area contributed by atoms with Crippen LogP contribution in [0.3, 0.4) is 0 Å². The minimum Gasteiger partial charge on any atom is -0.325 e. The SMILES string of the molecule is CCCCn1c(SCC(=O)Nc2ccc(C)c(Cl)c2)nc2c(sc3ncccc32)c1=O. The van der Waals surface area contributed by atoms with Crippen molar-refractivity contribution in [3.05, 3.63) is 57.5 Å². The first-order valence-electron chi connectivity index (χ1n) is 9.94. The summed E-state index contributed by atoms with van der Waals surface area (Å²) >= 11 is 8.77. The molecule has 0 bridgehead atoms. The molecule has 3 aromatic heterocycles. The molecule has 3 heterocycles. The van der Waals surface area contributed by atoms with Crippen LogP contribution in [0.15, 0.2) is 46.5 Å². The molecule has 0 aliphatic heterocycles. The number of amides is 1. The standard InChI is InChI=1S/C22H21ClN4O2S2/c1-3-4-10-27-21(29)19-18(15-6-5-9-24-20(15)31-19)26-22(27)30-12-17(28)25-14-8-7-13(2)16(23)11-14/h5-9,11H,3-4,10,12H2,1-2H3,(H,25,28). The van der Waals surface area contributed by atoms with Crippen LogP contribution in [0.4, 0.5) is 5.69 Å². The van der Waals surface area contributed by atoms with E-state index in [0.717, 1.165) is 28.6 Å². The van der Waals surface area contributed by atoms with Crippen LogP contribution in [0, 0.1) is 6.92 Å². The van der Waals surface area contributed by atoms with Gasteiger partial charge in [0.05, 0.1) is 11.3 Å². The lowest BCUT2D eigenvalue weighted by molar-refractivity contribution is -0.113. The van der Waals surface area contributed by atoms with Gasteiger partial charge in [0.1, 0.15) is 9.53 Å². The lowest BCUT2D eigenvalue weighted by atomic mass is 10.2. The molecule has 160 valence electrons. The number of rotatable bonds is 7. The van der Waals surface area contributed by atoms with Crippen LogP contribution in [0.1, 0.15) is 25.3 Å². The first kappa shape index (κ1) is 21.8. The summed E-state index contributed by atoms with van der Waals surface area (Å²) in [7, 11) is 0. The molecule has 1 amide bonds. The Morgan fingerprint density at radius 1 is 1.32 bits per heavy atom. The van der Waals surface area contributed by atoms with Crippen molar-refractivity contribution < 1.29 is 4.79 Å². The van der Waals surface area contributed by atoms with E-state index in [-0.39, 0.29) is 17.2 Å². The summed E-state index contributed by atoms with van der Waals surface area (Å²) in [4.78, 5) is 35.7. The molecule has 0 unspecified atom stereocenters. The number of aromatic nitrogens is 3. The van der Waals surface area contributed by atoms with Crippen LogP contribution >= 0.6 is 34.7 Å². The first-order valence-corrected chi connectivity index (χ1v) is 12.1. The molecular weight excluding hydrogens is 452 g/mol. The van der Waals surface area contributed by atoms with Crippen molar-refractivity contribution in [2.75, 3.05) is 11.1 Å². The minimum atomic E-state index is -0.182. The Bertz CT molecular complexity index is 1330. The number of anilines is 1. The Kier molecular flexibility index (Phi) is 6.60. The molecule has 4 aromatic rings. The number of nitrogens with one attached hydrogen (secondary N) is 1. The molecule has 0 aliphatic rings. The summed E-state index contributed by atoms with van der Waals surface area (Å²) in [6.45, 7) is 4.55. The average Bonchev–Trinajstić information content (AvgIpc) is 3.13. The molecule has 0 atom stereocenters. The molecule has 0 spiro atoms. The van der Waals surface area contributed by atoms with Crippen molar-refractivity contribution in [3.63, 3.8) is 0 Å². The first-order chi connectivity index (χ1) is 15.0. The van der Waals surface area contributed by atoms with E-state index in [2.05, 4.69) is 17.2 Å². The third-order valence-electron chi connectivity index (χ3n) is 4.84. The van der Waals surface area contributed by atoms with E-state index in [0.29, 0.717) is 32.6 Å². The van der Waals surface area contributed by atoms with Gasteiger partial charge in [0.2, 0.25) is 5.91 Å². The van der Waals surface area contributed by atoms with Gasteiger partial charge in [0.15, 0.2) is 5.16 Å². The number of thioether (sulfide) groups is 1. The van der Waals surface area contributed by atoms with Gasteiger partial charge in [-0.3, -0.25) is 14.2 Å². The molecule has 1 N–H and O–H groups in total. The largest absolute Gasteiger partial charge is 0.325 e. The summed E-state index contributed by atoms with van der Waals surface area (Å²) in [6.07, 6.45) is 3.53. The van der Waals surface area contributed by atoms with Crippen molar-refractivity contribution in [1.29, 1.82) is 0 Å². The fraction of sp³-hybridized carbons (Fsp3) is 0.273. The highest BCUT2D eigenvalue weighted by molar-refractivity contribution is 7.99. The molecule has 1 aromatic carbocycles. The second-order valence-electron chi connectivity index (χ2n) is 7.14. The number of benzene rings is 1. The summed E-state index contributed by atoms with van der Waals surface area (Å²) < 4.78 is 2.29. The van der Waals surface area contributed by atoms with Crippen LogP contribution in [0.25, 0.3) is 20.4 Å². The third-order valence-corrected chi connectivity index (χ3v) is 7.32. The van der Waals surface area contributed by atoms with Gasteiger partial charge in [0.25, 0.3) is 5.56 Å². The molecule has 0 radical (unpaired) electrons. The van der Waals surface area contributed by atoms with Crippen molar-refractivity contribution in [2.24, 2.45) is 0 Å². The van der Waals surface area contributed by atoms with Crippen LogP contribution < -0.4 is 10.9 Å². The van der Waals surface area contributed by atoms with Gasteiger partial charge in [-0.2, -0.15) is 0 Å². The molecule has 0 saturated heterocycles. The zero-order chi connectivity index (χ0) is 22.0. The lowest BCUT2D eigenvalue weighted by Gasteiger charge is -2.12. The Morgan fingerprint density at radius 2 is 2.16 bits per heavy atom. The van der Waals surface area contributed by atoms with E-state index >= 15 is 0 Å². The number of hydrogen-bond acceptors (Lipinski definition) is 6. The Labute approximate surface area is 192 Å². The third kappa shape index (κ3) is 4.61. The topological polar surface area (TPSA) is 76.9 Å². The fourth-order valence-electron chi connectivity index (χ4n) is 3.16. The fourth-order valence-corrected chi connectivity index (χ4v) is 5.19. The summed E-state index contributed by atoms with van der Waals surface area (Å²) in [5, 5.41) is 4.86. The summed E-state index contributed by atoms with van der Waals surface area (Å²) in [5.41, 5.74) is 2.17. The maximum atomic E-state index is 13.2. The molecular formula is C22H21ClN4O2S2. The maximum Gasteiger partial charge on any atom is 0.272 e. The number of nitrogens with zero attached hydrogens (tertiary/aromatic N) is 3. The number of halogens is 1. The van der Waals surface area contributed by atoms with Gasteiger partial charge < -0.3 is 5.32 Å². The van der Waals surface area contributed by atoms with Crippen LogP contribution in [-0.4, -0.2) is 26.2 Å². The summed E-state index contributed by atoms with van der Waals surface area (Å²) in [5.74, 6) is -0.0475. The number of hydrogen-bond donors (Lipinski definition) is 1. The highest BCUT2D eigenvalue weighted by Crippen LogP contribution is 2.30. The van der Waals surface area contributed by atoms with E-state index in [9.17, 15) is 9.59 Å². The van der Waals surface area contributed by atoms with Crippen molar-refractivity contribution in [3.8, 4) is 0 Å². The minimum absolute atomic E-state index is 0.0744. The molecule has 4 rings (SSSR count). The van der Waals surface area contributed by atoms with E-state index in [4.69, 9.17) is 16.6 Å². The monoisotopic (exact) mass is 472 g/mol. The normalized spacial score (nSPS) is 11.3. The molecule has 31 heavy (non-hydrogen) atoms. The zero-order valence-corrected chi connectivity index (χ0v) is 19.5. The van der Waals surface area contributed by atoms with E-state index in [1.807, 2.05) is 31.2 Å². The van der Waals surface area contributed by atoms with Crippen molar-refractivity contribution in [2.45, 2.75) is 38.4 Å². The molecule has 0 aliphatic carbocycles. The van der Waals surface area contributed by atoms with Gasteiger partial charge in [-0.05, 0) is 43.2 Å². The van der Waals surface area contributed by atoms with Crippen LogP contribution in [0.2, 0.25) is 5.02 Å². The highest BCUT2D eigenvalue weighted by Gasteiger charge is 2.17. The Balaban J connectivity index is 1.63. The van der Waals surface area contributed by atoms with Crippen molar-refractivity contribution >= 4 is 66.7 Å². The quantitative estimate of drug-likeness (QED) is 0.284. The number of aryl methyl sites for hydroxylation is 1. The molecule has 0 fully saturated rings. The maximum absolute atomic E-state index is 13.2. The van der Waals surface area contributed by atoms with Crippen molar-refractivity contribution in [1.82, 2.24) is 14.5 Å². The predicted octanol–water partition coefficient (Wildman–Crippen LogP) is 5.50. The predicted molar refractivity (Wildman–Crippen MR) is 130 cm³/mol. The van der Waals surface area contributed by atoms with Crippen LogP contribution in [-0.2, 0) is 11.3 Å². The van der Waals surface area contributed by atoms with Gasteiger partial charge >= 0.3 is 0 Å². The number of pyridine rings is 1. The zero-order valence-electron chi connectivity index (χ0n) is 17.1. The van der Waals surface area contributed by atoms with Gasteiger partial charge in [-0.15, -0.1) is 11.3 Å². The van der Waals surface area contributed by atoms with Gasteiger partial charge in [-0.25, -0.2) is 9.97 Å². The number of fused-ring (bicyclic) bond motifs is 3. The molecule has 6 nitrogen and oxygen atoms in total.